The third kappa shape index (κ3) is 2.63. The number of ether oxygens (including phenoxy) is 1. The van der Waals surface area contributed by atoms with Gasteiger partial charge < -0.3 is 15.0 Å². The standard InChI is InChI=1S/C16H16N4O2/c1-9-8-13-14(17-9)18-10(2)19-15(13)20-12-6-4-11(5-7-12)16(21)22-3/h4-8H,1-3H3,(H2,17,18,19,20). The van der Waals surface area contributed by atoms with Crippen molar-refractivity contribution in [1.29, 1.82) is 0 Å². The van der Waals surface area contributed by atoms with E-state index < -0.39 is 0 Å². The Balaban J connectivity index is 1.94. The van der Waals surface area contributed by atoms with E-state index in [1.807, 2.05) is 32.0 Å². The van der Waals surface area contributed by atoms with Crippen LogP contribution in [-0.4, -0.2) is 28.0 Å². The maximum atomic E-state index is 11.4. The Morgan fingerprint density at radius 2 is 1.91 bits per heavy atom. The molecule has 0 radical (unpaired) electrons. The number of aromatic amines is 1. The zero-order valence-electron chi connectivity index (χ0n) is 12.6. The van der Waals surface area contributed by atoms with Gasteiger partial charge in [0.1, 0.15) is 17.3 Å². The molecular weight excluding hydrogens is 280 g/mol. The van der Waals surface area contributed by atoms with Gasteiger partial charge in [-0.3, -0.25) is 0 Å². The van der Waals surface area contributed by atoms with E-state index >= 15 is 0 Å². The molecule has 0 bridgehead atoms. The van der Waals surface area contributed by atoms with Gasteiger partial charge in [-0.2, -0.15) is 0 Å². The molecule has 0 atom stereocenters. The van der Waals surface area contributed by atoms with Crippen LogP contribution in [0.1, 0.15) is 21.9 Å². The van der Waals surface area contributed by atoms with E-state index in [1.165, 1.54) is 7.11 Å². The first kappa shape index (κ1) is 14.1. The topological polar surface area (TPSA) is 79.9 Å². The first-order valence-corrected chi connectivity index (χ1v) is 6.86. The van der Waals surface area contributed by atoms with Gasteiger partial charge in [-0.25, -0.2) is 14.8 Å². The van der Waals surface area contributed by atoms with Crippen molar-refractivity contribution in [3.8, 4) is 0 Å². The molecule has 0 unspecified atom stereocenters. The van der Waals surface area contributed by atoms with E-state index in [2.05, 4.69) is 25.0 Å². The molecule has 0 aliphatic carbocycles. The van der Waals surface area contributed by atoms with Gasteiger partial charge in [0, 0.05) is 11.4 Å². The Labute approximate surface area is 127 Å². The number of methoxy groups -OCH3 is 1. The SMILES string of the molecule is COC(=O)c1ccc(Nc2nc(C)nc3[nH]c(C)cc23)cc1. The number of aromatic nitrogens is 3. The van der Waals surface area contributed by atoms with Crippen molar-refractivity contribution in [3.63, 3.8) is 0 Å². The Morgan fingerprint density at radius 1 is 1.18 bits per heavy atom. The lowest BCUT2D eigenvalue weighted by Gasteiger charge is -2.08. The van der Waals surface area contributed by atoms with Crippen LogP contribution in [0.15, 0.2) is 30.3 Å². The van der Waals surface area contributed by atoms with Crippen LogP contribution in [0.25, 0.3) is 11.0 Å². The van der Waals surface area contributed by atoms with Crippen LogP contribution < -0.4 is 5.32 Å². The van der Waals surface area contributed by atoms with Crippen LogP contribution in [0.4, 0.5) is 11.5 Å². The Morgan fingerprint density at radius 3 is 2.59 bits per heavy atom. The number of aryl methyl sites for hydroxylation is 2. The number of nitrogens with zero attached hydrogens (tertiary/aromatic N) is 2. The number of H-pyrrole nitrogens is 1. The average Bonchev–Trinajstić information content (AvgIpc) is 2.87. The molecule has 2 N–H and O–H groups in total. The van der Waals surface area contributed by atoms with Gasteiger partial charge in [0.25, 0.3) is 0 Å². The molecule has 22 heavy (non-hydrogen) atoms. The lowest BCUT2D eigenvalue weighted by atomic mass is 10.2. The molecule has 2 heterocycles. The van der Waals surface area contributed by atoms with Gasteiger partial charge in [-0.1, -0.05) is 0 Å². The number of rotatable bonds is 3. The monoisotopic (exact) mass is 296 g/mol. The minimum atomic E-state index is -0.354. The largest absolute Gasteiger partial charge is 0.465 e. The fraction of sp³-hybridized carbons (Fsp3) is 0.188. The molecule has 1 aromatic carbocycles. The summed E-state index contributed by atoms with van der Waals surface area (Å²) in [5.41, 5.74) is 3.18. The Kier molecular flexibility index (Phi) is 3.50. The number of esters is 1. The van der Waals surface area contributed by atoms with Crippen molar-refractivity contribution in [2.24, 2.45) is 0 Å². The van der Waals surface area contributed by atoms with Crippen molar-refractivity contribution in [3.05, 3.63) is 47.4 Å². The maximum Gasteiger partial charge on any atom is 0.337 e. The van der Waals surface area contributed by atoms with E-state index in [0.29, 0.717) is 11.4 Å². The van der Waals surface area contributed by atoms with Gasteiger partial charge in [-0.15, -0.1) is 0 Å². The Bertz CT molecular complexity index is 837. The van der Waals surface area contributed by atoms with Crippen LogP contribution in [-0.2, 0) is 4.74 Å². The zero-order chi connectivity index (χ0) is 15.7. The van der Waals surface area contributed by atoms with E-state index in [1.54, 1.807) is 12.1 Å². The minimum absolute atomic E-state index is 0.354. The van der Waals surface area contributed by atoms with E-state index in [4.69, 9.17) is 0 Å². The molecule has 2 aromatic heterocycles. The van der Waals surface area contributed by atoms with Gasteiger partial charge in [-0.05, 0) is 44.2 Å². The van der Waals surface area contributed by atoms with Gasteiger partial charge in [0.2, 0.25) is 0 Å². The quantitative estimate of drug-likeness (QED) is 0.726. The van der Waals surface area contributed by atoms with E-state index in [0.717, 1.165) is 28.2 Å². The summed E-state index contributed by atoms with van der Waals surface area (Å²) < 4.78 is 4.69. The predicted octanol–water partition coefficient (Wildman–Crippen LogP) is 3.10. The fourth-order valence-electron chi connectivity index (χ4n) is 2.29. The minimum Gasteiger partial charge on any atom is -0.465 e. The summed E-state index contributed by atoms with van der Waals surface area (Å²) in [6.07, 6.45) is 0. The highest BCUT2D eigenvalue weighted by Crippen LogP contribution is 2.24. The number of carbonyl (C=O) groups excluding carboxylic acids is 1. The summed E-state index contributed by atoms with van der Waals surface area (Å²) in [5.74, 6) is 1.06. The van der Waals surface area contributed by atoms with Gasteiger partial charge in [0.15, 0.2) is 0 Å². The smallest absolute Gasteiger partial charge is 0.337 e. The first-order chi connectivity index (χ1) is 10.6. The molecule has 0 aliphatic rings. The van der Waals surface area contributed by atoms with E-state index in [-0.39, 0.29) is 5.97 Å². The third-order valence-corrected chi connectivity index (χ3v) is 3.30. The van der Waals surface area contributed by atoms with Crippen molar-refractivity contribution in [2.45, 2.75) is 13.8 Å². The zero-order valence-corrected chi connectivity index (χ0v) is 12.6. The molecule has 0 aliphatic heterocycles. The number of hydrogen-bond donors (Lipinski definition) is 2. The number of benzene rings is 1. The summed E-state index contributed by atoms with van der Waals surface area (Å²) in [6, 6.07) is 9.05. The van der Waals surface area contributed by atoms with E-state index in [9.17, 15) is 4.79 Å². The second-order valence-electron chi connectivity index (χ2n) is 5.03. The Hall–Kier alpha value is -2.89. The van der Waals surface area contributed by atoms with Crippen LogP contribution in [0.2, 0.25) is 0 Å². The van der Waals surface area contributed by atoms with Crippen LogP contribution in [0.3, 0.4) is 0 Å². The highest BCUT2D eigenvalue weighted by molar-refractivity contribution is 5.91. The molecular formula is C16H16N4O2. The maximum absolute atomic E-state index is 11.4. The highest BCUT2D eigenvalue weighted by atomic mass is 16.5. The molecule has 6 nitrogen and oxygen atoms in total. The second kappa shape index (κ2) is 5.48. The second-order valence-corrected chi connectivity index (χ2v) is 5.03. The van der Waals surface area contributed by atoms with Crippen molar-refractivity contribution in [1.82, 2.24) is 15.0 Å². The number of anilines is 2. The lowest BCUT2D eigenvalue weighted by molar-refractivity contribution is 0.0601. The van der Waals surface area contributed by atoms with Crippen molar-refractivity contribution >= 4 is 28.5 Å². The van der Waals surface area contributed by atoms with Crippen LogP contribution in [0.5, 0.6) is 0 Å². The number of fused-ring (bicyclic) bond motifs is 1. The van der Waals surface area contributed by atoms with Gasteiger partial charge in [0.05, 0.1) is 18.1 Å². The highest BCUT2D eigenvalue weighted by Gasteiger charge is 2.09. The van der Waals surface area contributed by atoms with Gasteiger partial charge >= 0.3 is 5.97 Å². The molecule has 6 heteroatoms. The van der Waals surface area contributed by atoms with Crippen LogP contribution >= 0.6 is 0 Å². The average molecular weight is 296 g/mol. The molecule has 0 spiro atoms. The summed E-state index contributed by atoms with van der Waals surface area (Å²) in [4.78, 5) is 23.5. The molecule has 3 rings (SSSR count). The third-order valence-electron chi connectivity index (χ3n) is 3.30. The summed E-state index contributed by atoms with van der Waals surface area (Å²) in [5, 5.41) is 4.19. The number of carbonyl (C=O) groups is 1. The van der Waals surface area contributed by atoms with Crippen molar-refractivity contribution in [2.75, 3.05) is 12.4 Å². The first-order valence-electron chi connectivity index (χ1n) is 6.86. The predicted molar refractivity (Wildman–Crippen MR) is 84.4 cm³/mol. The molecule has 112 valence electrons. The summed E-state index contributed by atoms with van der Waals surface area (Å²) in [6.45, 7) is 3.83. The fourth-order valence-corrected chi connectivity index (χ4v) is 2.29. The number of nitrogens with one attached hydrogen (secondary N) is 2. The molecule has 3 aromatic rings. The summed E-state index contributed by atoms with van der Waals surface area (Å²) in [7, 11) is 1.36. The molecule has 0 fully saturated rings. The molecule has 0 saturated carbocycles. The normalized spacial score (nSPS) is 10.7. The lowest BCUT2D eigenvalue weighted by Crippen LogP contribution is -2.02. The van der Waals surface area contributed by atoms with Crippen molar-refractivity contribution < 1.29 is 9.53 Å². The number of hydrogen-bond acceptors (Lipinski definition) is 5. The van der Waals surface area contributed by atoms with Crippen LogP contribution in [0, 0.1) is 13.8 Å². The molecule has 0 amide bonds. The summed E-state index contributed by atoms with van der Waals surface area (Å²) >= 11 is 0. The molecule has 0 saturated heterocycles.